The topological polar surface area (TPSA) is 55.8 Å². The number of anilines is 1. The molecule has 138 valence electrons. The third-order valence-corrected chi connectivity index (χ3v) is 4.64. The fourth-order valence-corrected chi connectivity index (χ4v) is 3.26. The molecule has 1 heterocycles. The Morgan fingerprint density at radius 2 is 1.74 bits per heavy atom. The predicted octanol–water partition coefficient (Wildman–Crippen LogP) is 4.23. The Bertz CT molecular complexity index is 978. The zero-order chi connectivity index (χ0) is 19.6. The summed E-state index contributed by atoms with van der Waals surface area (Å²) in [4.78, 5) is 27.1. The number of carbonyl (C=O) groups excluding carboxylic acids is 2. The normalized spacial score (nSPS) is 15.5. The minimum atomic E-state index is -0.587. The van der Waals surface area contributed by atoms with Gasteiger partial charge in [-0.15, -0.1) is 0 Å². The second-order valence-electron chi connectivity index (χ2n) is 5.84. The van der Waals surface area contributed by atoms with E-state index in [4.69, 9.17) is 21.1 Å². The van der Waals surface area contributed by atoms with Gasteiger partial charge in [0.2, 0.25) is 0 Å². The average molecular weight is 384 g/mol. The molecular weight excluding hydrogens is 366 g/mol. The molecule has 2 aromatic carbocycles. The van der Waals surface area contributed by atoms with Crippen molar-refractivity contribution >= 4 is 35.2 Å². The van der Waals surface area contributed by atoms with Crippen molar-refractivity contribution in [2.45, 2.75) is 6.92 Å². The second kappa shape index (κ2) is 7.68. The molecular formula is C21H18ClNO4. The van der Waals surface area contributed by atoms with Crippen molar-refractivity contribution in [3.8, 4) is 5.75 Å². The molecule has 0 spiro atoms. The SMILES string of the molecule is COC(=O)C1=C(C)N(c2ccccc2Cl)C(=O)/C1=C\c1ccccc1OC. The number of hydrogen-bond donors (Lipinski definition) is 0. The van der Waals surface area contributed by atoms with E-state index in [1.54, 1.807) is 50.4 Å². The van der Waals surface area contributed by atoms with Crippen LogP contribution in [0.3, 0.4) is 0 Å². The van der Waals surface area contributed by atoms with Gasteiger partial charge in [-0.25, -0.2) is 4.79 Å². The fraction of sp³-hybridized carbons (Fsp3) is 0.143. The summed E-state index contributed by atoms with van der Waals surface area (Å²) in [6, 6.07) is 14.2. The molecule has 0 unspecified atom stereocenters. The molecule has 0 N–H and O–H groups in total. The lowest BCUT2D eigenvalue weighted by molar-refractivity contribution is -0.136. The van der Waals surface area contributed by atoms with Crippen molar-refractivity contribution in [2.24, 2.45) is 0 Å². The zero-order valence-corrected chi connectivity index (χ0v) is 15.9. The molecule has 5 nitrogen and oxygen atoms in total. The van der Waals surface area contributed by atoms with E-state index < -0.39 is 5.97 Å². The summed E-state index contributed by atoms with van der Waals surface area (Å²) in [6.45, 7) is 1.69. The minimum Gasteiger partial charge on any atom is -0.496 e. The smallest absolute Gasteiger partial charge is 0.340 e. The number of methoxy groups -OCH3 is 2. The molecule has 27 heavy (non-hydrogen) atoms. The van der Waals surface area contributed by atoms with E-state index in [-0.39, 0.29) is 17.1 Å². The van der Waals surface area contributed by atoms with E-state index in [0.717, 1.165) is 0 Å². The number of ether oxygens (including phenoxy) is 2. The van der Waals surface area contributed by atoms with Crippen LogP contribution in [0.5, 0.6) is 5.75 Å². The number of allylic oxidation sites excluding steroid dienone is 1. The van der Waals surface area contributed by atoms with E-state index in [1.807, 2.05) is 18.2 Å². The van der Waals surface area contributed by atoms with E-state index in [0.29, 0.717) is 27.7 Å². The number of amides is 1. The van der Waals surface area contributed by atoms with Crippen molar-refractivity contribution in [3.05, 3.63) is 76.0 Å². The van der Waals surface area contributed by atoms with Crippen LogP contribution in [0.1, 0.15) is 12.5 Å². The quantitative estimate of drug-likeness (QED) is 0.585. The zero-order valence-electron chi connectivity index (χ0n) is 15.2. The first kappa shape index (κ1) is 18.7. The number of halogens is 1. The van der Waals surface area contributed by atoms with Gasteiger partial charge in [-0.05, 0) is 31.2 Å². The highest BCUT2D eigenvalue weighted by molar-refractivity contribution is 6.35. The number of esters is 1. The maximum Gasteiger partial charge on any atom is 0.340 e. The van der Waals surface area contributed by atoms with Gasteiger partial charge in [0.1, 0.15) is 5.75 Å². The van der Waals surface area contributed by atoms with Crippen LogP contribution in [0.2, 0.25) is 5.02 Å². The number of nitrogens with zero attached hydrogens (tertiary/aromatic N) is 1. The molecule has 0 bridgehead atoms. The Balaban J connectivity index is 2.19. The first-order valence-corrected chi connectivity index (χ1v) is 8.60. The van der Waals surface area contributed by atoms with Crippen molar-refractivity contribution in [3.63, 3.8) is 0 Å². The predicted molar refractivity (Wildman–Crippen MR) is 105 cm³/mol. The van der Waals surface area contributed by atoms with Crippen LogP contribution in [0, 0.1) is 0 Å². The van der Waals surface area contributed by atoms with Gasteiger partial charge in [-0.1, -0.05) is 41.9 Å². The molecule has 3 rings (SSSR count). The molecule has 0 saturated heterocycles. The summed E-state index contributed by atoms with van der Waals surface area (Å²) in [7, 11) is 2.83. The van der Waals surface area contributed by atoms with E-state index in [2.05, 4.69) is 0 Å². The van der Waals surface area contributed by atoms with Crippen LogP contribution < -0.4 is 9.64 Å². The second-order valence-corrected chi connectivity index (χ2v) is 6.25. The van der Waals surface area contributed by atoms with Crippen LogP contribution in [0.4, 0.5) is 5.69 Å². The number of para-hydroxylation sites is 2. The van der Waals surface area contributed by atoms with Crippen LogP contribution in [-0.2, 0) is 14.3 Å². The number of hydrogen-bond acceptors (Lipinski definition) is 4. The van der Waals surface area contributed by atoms with Crippen molar-refractivity contribution in [1.29, 1.82) is 0 Å². The van der Waals surface area contributed by atoms with Gasteiger partial charge < -0.3 is 9.47 Å². The molecule has 0 fully saturated rings. The lowest BCUT2D eigenvalue weighted by Crippen LogP contribution is -2.24. The first-order valence-electron chi connectivity index (χ1n) is 8.22. The third-order valence-electron chi connectivity index (χ3n) is 4.32. The fourth-order valence-electron chi connectivity index (χ4n) is 3.04. The van der Waals surface area contributed by atoms with Crippen LogP contribution in [-0.4, -0.2) is 26.1 Å². The summed E-state index contributed by atoms with van der Waals surface area (Å²) in [5, 5.41) is 0.410. The maximum absolute atomic E-state index is 13.2. The molecule has 0 atom stereocenters. The molecule has 0 radical (unpaired) electrons. The van der Waals surface area contributed by atoms with Gasteiger partial charge in [-0.2, -0.15) is 0 Å². The number of carbonyl (C=O) groups is 2. The monoisotopic (exact) mass is 383 g/mol. The summed E-state index contributed by atoms with van der Waals surface area (Å²) in [6.07, 6.45) is 1.63. The molecule has 1 aliphatic rings. The van der Waals surface area contributed by atoms with Crippen molar-refractivity contribution < 1.29 is 19.1 Å². The van der Waals surface area contributed by atoms with Gasteiger partial charge in [0, 0.05) is 11.3 Å². The molecule has 1 amide bonds. The highest BCUT2D eigenvalue weighted by atomic mass is 35.5. The summed E-state index contributed by atoms with van der Waals surface area (Å²) in [5.74, 6) is -0.348. The number of rotatable bonds is 4. The summed E-state index contributed by atoms with van der Waals surface area (Å²) in [5.41, 5.74) is 2.07. The molecule has 2 aromatic rings. The van der Waals surface area contributed by atoms with Gasteiger partial charge in [-0.3, -0.25) is 9.69 Å². The Kier molecular flexibility index (Phi) is 5.33. The molecule has 1 aliphatic heterocycles. The van der Waals surface area contributed by atoms with E-state index in [1.165, 1.54) is 12.0 Å². The Morgan fingerprint density at radius 1 is 1.07 bits per heavy atom. The lowest BCUT2D eigenvalue weighted by Gasteiger charge is -2.19. The minimum absolute atomic E-state index is 0.202. The summed E-state index contributed by atoms with van der Waals surface area (Å²) < 4.78 is 10.3. The number of benzene rings is 2. The summed E-state index contributed by atoms with van der Waals surface area (Å²) >= 11 is 6.28. The maximum atomic E-state index is 13.2. The van der Waals surface area contributed by atoms with E-state index >= 15 is 0 Å². The average Bonchev–Trinajstić information content (AvgIpc) is 2.92. The molecule has 6 heteroatoms. The molecule has 0 saturated carbocycles. The van der Waals surface area contributed by atoms with Crippen LogP contribution >= 0.6 is 11.6 Å². The largest absolute Gasteiger partial charge is 0.496 e. The third kappa shape index (κ3) is 3.34. The van der Waals surface area contributed by atoms with Gasteiger partial charge in [0.25, 0.3) is 5.91 Å². The molecule has 0 aromatic heterocycles. The van der Waals surface area contributed by atoms with Gasteiger partial charge in [0.05, 0.1) is 36.1 Å². The van der Waals surface area contributed by atoms with Gasteiger partial charge in [0.15, 0.2) is 0 Å². The first-order chi connectivity index (χ1) is 13.0. The highest BCUT2D eigenvalue weighted by Gasteiger charge is 2.38. The molecule has 0 aliphatic carbocycles. The Morgan fingerprint density at radius 3 is 2.41 bits per heavy atom. The van der Waals surface area contributed by atoms with Crippen molar-refractivity contribution in [1.82, 2.24) is 0 Å². The van der Waals surface area contributed by atoms with Crippen LogP contribution in [0.25, 0.3) is 6.08 Å². The highest BCUT2D eigenvalue weighted by Crippen LogP contribution is 2.38. The van der Waals surface area contributed by atoms with Gasteiger partial charge >= 0.3 is 5.97 Å². The Hall–Kier alpha value is -3.05. The standard InChI is InChI=1S/C21H18ClNO4/c1-13-19(21(25)27-3)15(12-14-8-4-7-11-18(14)26-2)20(24)23(13)17-10-6-5-9-16(17)22/h4-12H,1-3H3/b15-12-. The van der Waals surface area contributed by atoms with E-state index in [9.17, 15) is 9.59 Å². The van der Waals surface area contributed by atoms with Crippen molar-refractivity contribution in [2.75, 3.05) is 19.1 Å². The lowest BCUT2D eigenvalue weighted by atomic mass is 10.0. The Labute approximate surface area is 162 Å². The van der Waals surface area contributed by atoms with Crippen LogP contribution in [0.15, 0.2) is 65.4 Å².